The van der Waals surface area contributed by atoms with E-state index in [0.717, 1.165) is 47.5 Å². The van der Waals surface area contributed by atoms with Crippen molar-refractivity contribution in [2.45, 2.75) is 26.3 Å². The van der Waals surface area contributed by atoms with Crippen molar-refractivity contribution in [2.75, 3.05) is 24.5 Å². The van der Waals surface area contributed by atoms with Crippen LogP contribution in [0.5, 0.6) is 0 Å². The van der Waals surface area contributed by atoms with Crippen molar-refractivity contribution >= 4 is 32.8 Å². The minimum absolute atomic E-state index is 0.466. The van der Waals surface area contributed by atoms with Crippen LogP contribution in [0.3, 0.4) is 0 Å². The molecule has 0 saturated carbocycles. The maximum Gasteiger partial charge on any atom is 0.178 e. The summed E-state index contributed by atoms with van der Waals surface area (Å²) < 4.78 is 0.746. The normalized spacial score (nSPS) is 19.6. The molecule has 1 unspecified atom stereocenters. The average Bonchev–Trinajstić information content (AvgIpc) is 2.46. The Morgan fingerprint density at radius 1 is 1.45 bits per heavy atom. The summed E-state index contributed by atoms with van der Waals surface area (Å²) in [5.74, 6) is 0. The van der Waals surface area contributed by atoms with Crippen LogP contribution >= 0.6 is 15.9 Å². The topological polar surface area (TPSA) is 53.9 Å². The minimum atomic E-state index is 0.466. The fourth-order valence-electron chi connectivity index (χ4n) is 2.66. The second kappa shape index (κ2) is 5.61. The lowest BCUT2D eigenvalue weighted by molar-refractivity contribution is 0.499. The van der Waals surface area contributed by atoms with E-state index in [0.29, 0.717) is 6.04 Å². The van der Waals surface area contributed by atoms with Gasteiger partial charge in [0.05, 0.1) is 17.6 Å². The standard InChI is InChI=1S/C14H18BrN5/c1-3-10-12(20-5-4-16-7-9(20)2)6-11-14(19-10)17-8-13(15)18-11/h6,8-9,16H,3-5,7H2,1-2H3. The molecular formula is C14H18BrN5. The highest BCUT2D eigenvalue weighted by atomic mass is 79.9. The van der Waals surface area contributed by atoms with Gasteiger partial charge in [0.25, 0.3) is 0 Å². The number of hydrogen-bond acceptors (Lipinski definition) is 5. The first-order valence-electron chi connectivity index (χ1n) is 6.98. The highest BCUT2D eigenvalue weighted by molar-refractivity contribution is 9.10. The summed E-state index contributed by atoms with van der Waals surface area (Å²) in [7, 11) is 0. The number of halogens is 1. The molecular weight excluding hydrogens is 318 g/mol. The number of nitrogens with one attached hydrogen (secondary N) is 1. The highest BCUT2D eigenvalue weighted by Crippen LogP contribution is 2.26. The SMILES string of the molecule is CCc1nc2ncc(Br)nc2cc1N1CCNCC1C. The Balaban J connectivity index is 2.12. The van der Waals surface area contributed by atoms with Gasteiger partial charge in [-0.3, -0.25) is 0 Å². The highest BCUT2D eigenvalue weighted by Gasteiger charge is 2.21. The molecule has 20 heavy (non-hydrogen) atoms. The zero-order valence-corrected chi connectivity index (χ0v) is 13.3. The van der Waals surface area contributed by atoms with Crippen molar-refractivity contribution in [2.24, 2.45) is 0 Å². The zero-order chi connectivity index (χ0) is 14.1. The van der Waals surface area contributed by atoms with Crippen molar-refractivity contribution in [3.63, 3.8) is 0 Å². The first-order valence-corrected chi connectivity index (χ1v) is 7.78. The molecule has 0 aliphatic carbocycles. The third-order valence-corrected chi connectivity index (χ3v) is 4.09. The van der Waals surface area contributed by atoms with Gasteiger partial charge in [-0.25, -0.2) is 15.0 Å². The second-order valence-corrected chi connectivity index (χ2v) is 5.90. The van der Waals surface area contributed by atoms with Gasteiger partial charge in [-0.05, 0) is 35.3 Å². The van der Waals surface area contributed by atoms with Crippen LogP contribution in [-0.2, 0) is 6.42 Å². The largest absolute Gasteiger partial charge is 0.365 e. The van der Waals surface area contributed by atoms with E-state index in [1.165, 1.54) is 5.69 Å². The van der Waals surface area contributed by atoms with Crippen LogP contribution < -0.4 is 10.2 Å². The van der Waals surface area contributed by atoms with Gasteiger partial charge >= 0.3 is 0 Å². The monoisotopic (exact) mass is 335 g/mol. The summed E-state index contributed by atoms with van der Waals surface area (Å²) in [6.45, 7) is 7.39. The van der Waals surface area contributed by atoms with Gasteiger partial charge in [-0.15, -0.1) is 0 Å². The van der Waals surface area contributed by atoms with Gasteiger partial charge in [-0.1, -0.05) is 6.92 Å². The number of piperazine rings is 1. The Labute approximate surface area is 126 Å². The Hall–Kier alpha value is -1.27. The van der Waals surface area contributed by atoms with Crippen molar-refractivity contribution in [1.82, 2.24) is 20.3 Å². The first kappa shape index (κ1) is 13.7. The first-order chi connectivity index (χ1) is 9.69. The lowest BCUT2D eigenvalue weighted by atomic mass is 10.1. The van der Waals surface area contributed by atoms with E-state index in [1.807, 2.05) is 0 Å². The Morgan fingerprint density at radius 3 is 3.05 bits per heavy atom. The van der Waals surface area contributed by atoms with Crippen molar-refractivity contribution < 1.29 is 0 Å². The van der Waals surface area contributed by atoms with Crippen molar-refractivity contribution in [3.8, 4) is 0 Å². The lowest BCUT2D eigenvalue weighted by Gasteiger charge is -2.36. The molecule has 1 N–H and O–H groups in total. The van der Waals surface area contributed by atoms with Gasteiger partial charge in [-0.2, -0.15) is 0 Å². The fourth-order valence-corrected chi connectivity index (χ4v) is 2.96. The quantitative estimate of drug-likeness (QED) is 0.911. The van der Waals surface area contributed by atoms with Gasteiger partial charge < -0.3 is 10.2 Å². The van der Waals surface area contributed by atoms with E-state index < -0.39 is 0 Å². The van der Waals surface area contributed by atoms with Crippen LogP contribution in [0.2, 0.25) is 0 Å². The maximum absolute atomic E-state index is 4.69. The summed E-state index contributed by atoms with van der Waals surface area (Å²) >= 11 is 3.38. The molecule has 6 heteroatoms. The number of fused-ring (bicyclic) bond motifs is 1. The molecule has 0 amide bonds. The van der Waals surface area contributed by atoms with E-state index in [-0.39, 0.29) is 0 Å². The third-order valence-electron chi connectivity index (χ3n) is 3.71. The molecule has 1 aliphatic heterocycles. The lowest BCUT2D eigenvalue weighted by Crippen LogP contribution is -2.50. The van der Waals surface area contributed by atoms with Gasteiger partial charge in [0.1, 0.15) is 10.1 Å². The van der Waals surface area contributed by atoms with Gasteiger partial charge in [0.15, 0.2) is 5.65 Å². The minimum Gasteiger partial charge on any atom is -0.365 e. The molecule has 2 aromatic heterocycles. The molecule has 2 aromatic rings. The van der Waals surface area contributed by atoms with Gasteiger partial charge in [0.2, 0.25) is 0 Å². The number of nitrogens with zero attached hydrogens (tertiary/aromatic N) is 4. The molecule has 1 aliphatic rings. The summed E-state index contributed by atoms with van der Waals surface area (Å²) in [6.07, 6.45) is 2.60. The van der Waals surface area contributed by atoms with E-state index in [2.05, 4.69) is 61.0 Å². The molecule has 5 nitrogen and oxygen atoms in total. The van der Waals surface area contributed by atoms with Gasteiger partial charge in [0, 0.05) is 25.7 Å². The fraction of sp³-hybridized carbons (Fsp3) is 0.500. The van der Waals surface area contributed by atoms with Crippen LogP contribution in [-0.4, -0.2) is 40.6 Å². The van der Waals surface area contributed by atoms with E-state index in [1.54, 1.807) is 6.20 Å². The predicted octanol–water partition coefficient (Wildman–Crippen LogP) is 2.15. The number of aryl methyl sites for hydroxylation is 1. The molecule has 3 heterocycles. The summed E-state index contributed by atoms with van der Waals surface area (Å²) in [5, 5.41) is 3.42. The summed E-state index contributed by atoms with van der Waals surface area (Å²) in [5.41, 5.74) is 3.86. The van der Waals surface area contributed by atoms with Crippen LogP contribution in [0, 0.1) is 0 Å². The molecule has 0 bridgehead atoms. The molecule has 0 aromatic carbocycles. The summed E-state index contributed by atoms with van der Waals surface area (Å²) in [4.78, 5) is 15.9. The van der Waals surface area contributed by atoms with Crippen molar-refractivity contribution in [3.05, 3.63) is 22.6 Å². The molecule has 1 atom stereocenters. The zero-order valence-electron chi connectivity index (χ0n) is 11.7. The smallest absolute Gasteiger partial charge is 0.178 e. The van der Waals surface area contributed by atoms with E-state index >= 15 is 0 Å². The molecule has 0 radical (unpaired) electrons. The van der Waals surface area contributed by atoms with Crippen LogP contribution in [0.1, 0.15) is 19.5 Å². The summed E-state index contributed by atoms with van der Waals surface area (Å²) in [6, 6.07) is 2.59. The Bertz CT molecular complexity index is 630. The number of pyridine rings is 1. The molecule has 1 saturated heterocycles. The Kier molecular flexibility index (Phi) is 3.85. The molecule has 106 valence electrons. The van der Waals surface area contributed by atoms with Crippen LogP contribution in [0.25, 0.3) is 11.2 Å². The molecule has 1 fully saturated rings. The molecule has 0 spiro atoms. The number of aromatic nitrogens is 3. The van der Waals surface area contributed by atoms with E-state index in [9.17, 15) is 0 Å². The predicted molar refractivity (Wildman–Crippen MR) is 84.1 cm³/mol. The number of hydrogen-bond donors (Lipinski definition) is 1. The maximum atomic E-state index is 4.69. The molecule has 3 rings (SSSR count). The average molecular weight is 336 g/mol. The Morgan fingerprint density at radius 2 is 2.30 bits per heavy atom. The number of anilines is 1. The van der Waals surface area contributed by atoms with E-state index in [4.69, 9.17) is 0 Å². The second-order valence-electron chi connectivity index (χ2n) is 5.09. The number of rotatable bonds is 2. The van der Waals surface area contributed by atoms with Crippen LogP contribution in [0.15, 0.2) is 16.9 Å². The van der Waals surface area contributed by atoms with Crippen LogP contribution in [0.4, 0.5) is 5.69 Å². The van der Waals surface area contributed by atoms with Crippen molar-refractivity contribution in [1.29, 1.82) is 0 Å². The third kappa shape index (κ3) is 2.50.